The van der Waals surface area contributed by atoms with Crippen molar-refractivity contribution in [1.29, 1.82) is 0 Å². The molecule has 24 heavy (non-hydrogen) atoms. The molecule has 0 radical (unpaired) electrons. The third-order valence-electron chi connectivity index (χ3n) is 3.36. The highest BCUT2D eigenvalue weighted by molar-refractivity contribution is 7.09. The Hall–Kier alpha value is -2.87. The fourth-order valence-electron chi connectivity index (χ4n) is 2.14. The number of hydrogen-bond donors (Lipinski definition) is 2. The first kappa shape index (κ1) is 16.0. The van der Waals surface area contributed by atoms with Crippen LogP contribution in [0.1, 0.15) is 16.3 Å². The van der Waals surface area contributed by atoms with Gasteiger partial charge in [-0.25, -0.2) is 4.98 Å². The number of ether oxygens (including phenoxy) is 1. The van der Waals surface area contributed by atoms with Crippen LogP contribution in [0.3, 0.4) is 0 Å². The van der Waals surface area contributed by atoms with E-state index in [2.05, 4.69) is 15.3 Å². The van der Waals surface area contributed by atoms with E-state index in [0.717, 1.165) is 21.7 Å². The second-order valence-corrected chi connectivity index (χ2v) is 5.99. The number of allylic oxidation sites excluding steroid dienone is 1. The first-order chi connectivity index (χ1) is 11.7. The predicted molar refractivity (Wildman–Crippen MR) is 90.1 cm³/mol. The van der Waals surface area contributed by atoms with E-state index in [1.165, 1.54) is 23.7 Å². The molecule has 0 aliphatic rings. The summed E-state index contributed by atoms with van der Waals surface area (Å²) in [6.45, 7) is 0. The molecular weight excluding hydrogens is 328 g/mol. The molecule has 3 aromatic rings. The fourth-order valence-corrected chi connectivity index (χ4v) is 2.94. The lowest BCUT2D eigenvalue weighted by atomic mass is 10.1. The van der Waals surface area contributed by atoms with E-state index >= 15 is 0 Å². The maximum atomic E-state index is 9.99. The molecule has 0 saturated carbocycles. The second kappa shape index (κ2) is 7.14. The largest absolute Gasteiger partial charge is 0.506 e. The Labute approximate surface area is 142 Å². The standard InChI is InChI=1S/C16H16N4O3S/c1-23-13-4-2-11(3-5-13)8-12-10-24-15(18-12)9-14(21)16(22)20-7-6-17-19-20/h2-7,10,21-22H,8-9H2,1H3. The third kappa shape index (κ3) is 3.72. The monoisotopic (exact) mass is 344 g/mol. The van der Waals surface area contributed by atoms with Crippen LogP contribution in [0, 0.1) is 0 Å². The van der Waals surface area contributed by atoms with Crippen molar-refractivity contribution in [1.82, 2.24) is 20.0 Å². The van der Waals surface area contributed by atoms with Crippen LogP contribution < -0.4 is 4.74 Å². The van der Waals surface area contributed by atoms with Crippen molar-refractivity contribution >= 4 is 17.2 Å². The van der Waals surface area contributed by atoms with Gasteiger partial charge in [-0.1, -0.05) is 17.3 Å². The molecule has 0 bridgehead atoms. The summed E-state index contributed by atoms with van der Waals surface area (Å²) in [5.41, 5.74) is 2.03. The molecule has 2 N–H and O–H groups in total. The molecule has 0 aliphatic carbocycles. The normalized spacial score (nSPS) is 12.0. The molecule has 0 spiro atoms. The minimum absolute atomic E-state index is 0.138. The number of methoxy groups -OCH3 is 1. The van der Waals surface area contributed by atoms with E-state index in [1.54, 1.807) is 7.11 Å². The summed E-state index contributed by atoms with van der Waals surface area (Å²) < 4.78 is 6.24. The van der Waals surface area contributed by atoms with Crippen LogP contribution in [0.2, 0.25) is 0 Å². The van der Waals surface area contributed by atoms with Gasteiger partial charge in [0.1, 0.15) is 10.8 Å². The topological polar surface area (TPSA) is 93.3 Å². The van der Waals surface area contributed by atoms with Gasteiger partial charge in [-0.05, 0) is 17.7 Å². The van der Waals surface area contributed by atoms with E-state index in [-0.39, 0.29) is 18.1 Å². The van der Waals surface area contributed by atoms with Gasteiger partial charge in [-0.2, -0.15) is 4.68 Å². The quantitative estimate of drug-likeness (QED) is 0.668. The zero-order chi connectivity index (χ0) is 16.9. The van der Waals surface area contributed by atoms with Crippen molar-refractivity contribution in [2.75, 3.05) is 7.11 Å². The van der Waals surface area contributed by atoms with Crippen molar-refractivity contribution in [2.24, 2.45) is 0 Å². The SMILES string of the molecule is COc1ccc(Cc2csc(CC(O)=C(O)n3ccnn3)n2)cc1. The molecule has 0 atom stereocenters. The van der Waals surface area contributed by atoms with Crippen molar-refractivity contribution in [3.05, 3.63) is 64.1 Å². The van der Waals surface area contributed by atoms with Crippen LogP contribution in [-0.4, -0.2) is 37.3 Å². The molecule has 8 heteroatoms. The molecule has 0 aliphatic heterocycles. The number of aromatic nitrogens is 4. The molecule has 0 fully saturated rings. The van der Waals surface area contributed by atoms with Gasteiger partial charge in [0, 0.05) is 11.8 Å². The van der Waals surface area contributed by atoms with Crippen LogP contribution in [0.5, 0.6) is 5.75 Å². The highest BCUT2D eigenvalue weighted by atomic mass is 32.1. The zero-order valence-electron chi connectivity index (χ0n) is 13.0. The number of thiazole rings is 1. The van der Waals surface area contributed by atoms with E-state index < -0.39 is 0 Å². The van der Waals surface area contributed by atoms with E-state index in [9.17, 15) is 10.2 Å². The Kier molecular flexibility index (Phi) is 4.76. The first-order valence-corrected chi connectivity index (χ1v) is 8.07. The van der Waals surface area contributed by atoms with Gasteiger partial charge < -0.3 is 14.9 Å². The Morgan fingerprint density at radius 3 is 2.71 bits per heavy atom. The third-order valence-corrected chi connectivity index (χ3v) is 4.26. The highest BCUT2D eigenvalue weighted by Crippen LogP contribution is 2.19. The maximum Gasteiger partial charge on any atom is 0.252 e. The molecule has 7 nitrogen and oxygen atoms in total. The highest BCUT2D eigenvalue weighted by Gasteiger charge is 2.11. The Morgan fingerprint density at radius 1 is 1.25 bits per heavy atom. The minimum atomic E-state index is -0.348. The molecule has 124 valence electrons. The van der Waals surface area contributed by atoms with Gasteiger partial charge in [-0.3, -0.25) is 0 Å². The Balaban J connectivity index is 1.68. The second-order valence-electron chi connectivity index (χ2n) is 5.05. The number of aliphatic hydroxyl groups is 2. The number of aliphatic hydroxyl groups excluding tert-OH is 2. The maximum absolute atomic E-state index is 9.99. The first-order valence-electron chi connectivity index (χ1n) is 7.19. The molecule has 0 saturated heterocycles. The molecule has 1 aromatic carbocycles. The summed E-state index contributed by atoms with van der Waals surface area (Å²) in [7, 11) is 1.64. The van der Waals surface area contributed by atoms with E-state index in [4.69, 9.17) is 4.74 Å². The average molecular weight is 344 g/mol. The molecule has 0 amide bonds. The predicted octanol–water partition coefficient (Wildman–Crippen LogP) is 2.82. The molecule has 2 heterocycles. The summed E-state index contributed by atoms with van der Waals surface area (Å²) in [4.78, 5) is 4.49. The van der Waals surface area contributed by atoms with Crippen LogP contribution >= 0.6 is 11.3 Å². The van der Waals surface area contributed by atoms with Gasteiger partial charge in [-0.15, -0.1) is 16.4 Å². The number of nitrogens with zero attached hydrogens (tertiary/aromatic N) is 4. The summed E-state index contributed by atoms with van der Waals surface area (Å²) in [5.74, 6) is 0.265. The Bertz CT molecular complexity index is 825. The van der Waals surface area contributed by atoms with Crippen molar-refractivity contribution in [3.63, 3.8) is 0 Å². The lowest BCUT2D eigenvalue weighted by Gasteiger charge is -2.02. The molecule has 2 aromatic heterocycles. The fraction of sp³-hybridized carbons (Fsp3) is 0.188. The van der Waals surface area contributed by atoms with Crippen LogP contribution in [0.4, 0.5) is 0 Å². The number of hydrogen-bond acceptors (Lipinski definition) is 7. The van der Waals surface area contributed by atoms with Crippen molar-refractivity contribution in [3.8, 4) is 5.75 Å². The molecule has 0 unspecified atom stereocenters. The van der Waals surface area contributed by atoms with Gasteiger partial charge >= 0.3 is 0 Å². The van der Waals surface area contributed by atoms with Gasteiger partial charge in [0.2, 0.25) is 0 Å². The summed E-state index contributed by atoms with van der Waals surface area (Å²) in [6.07, 6.45) is 3.70. The summed E-state index contributed by atoms with van der Waals surface area (Å²) in [5, 5.41) is 29.7. The molecule has 3 rings (SSSR count). The van der Waals surface area contributed by atoms with Crippen LogP contribution in [0.15, 0.2) is 47.8 Å². The summed E-state index contributed by atoms with van der Waals surface area (Å²) in [6, 6.07) is 7.80. The van der Waals surface area contributed by atoms with Gasteiger partial charge in [0.05, 0.1) is 31.6 Å². The molecular formula is C16H16N4O3S. The number of benzene rings is 1. The number of rotatable bonds is 6. The lowest BCUT2D eigenvalue weighted by molar-refractivity contribution is 0.348. The van der Waals surface area contributed by atoms with Crippen LogP contribution in [0.25, 0.3) is 5.88 Å². The zero-order valence-corrected chi connectivity index (χ0v) is 13.8. The van der Waals surface area contributed by atoms with Crippen LogP contribution in [-0.2, 0) is 12.8 Å². The van der Waals surface area contributed by atoms with E-state index in [0.29, 0.717) is 11.4 Å². The average Bonchev–Trinajstić information content (AvgIpc) is 3.27. The van der Waals surface area contributed by atoms with E-state index in [1.807, 2.05) is 29.6 Å². The van der Waals surface area contributed by atoms with Gasteiger partial charge in [0.15, 0.2) is 5.76 Å². The summed E-state index contributed by atoms with van der Waals surface area (Å²) >= 11 is 1.43. The lowest BCUT2D eigenvalue weighted by Crippen LogP contribution is -2.03. The minimum Gasteiger partial charge on any atom is -0.506 e. The van der Waals surface area contributed by atoms with Crippen molar-refractivity contribution in [2.45, 2.75) is 12.8 Å². The van der Waals surface area contributed by atoms with Gasteiger partial charge in [0.25, 0.3) is 5.88 Å². The van der Waals surface area contributed by atoms with Crippen molar-refractivity contribution < 1.29 is 14.9 Å². The Morgan fingerprint density at radius 2 is 2.04 bits per heavy atom. The smallest absolute Gasteiger partial charge is 0.252 e.